The Morgan fingerprint density at radius 1 is 0.944 bits per heavy atom. The minimum Gasteiger partial charge on any atom is -0.507 e. The lowest BCUT2D eigenvalue weighted by Gasteiger charge is -2.28. The predicted molar refractivity (Wildman–Crippen MR) is 156 cm³/mol. The highest BCUT2D eigenvalue weighted by molar-refractivity contribution is 7.12. The van der Waals surface area contributed by atoms with Gasteiger partial charge >= 0.3 is 0 Å². The van der Waals surface area contributed by atoms with E-state index in [1.165, 1.54) is 5.56 Å². The molecule has 0 radical (unpaired) electrons. The number of anilines is 1. The van der Waals surface area contributed by atoms with Gasteiger partial charge in [-0.05, 0) is 65.1 Å². The molecular formula is C29H40ClN3O2S. The lowest BCUT2D eigenvalue weighted by atomic mass is 9.79. The first kappa shape index (κ1) is 29.7. The van der Waals surface area contributed by atoms with Gasteiger partial charge < -0.3 is 20.5 Å². The topological polar surface area (TPSA) is 77.4 Å². The van der Waals surface area contributed by atoms with Gasteiger partial charge in [0.05, 0.1) is 4.88 Å². The predicted octanol–water partition coefficient (Wildman–Crippen LogP) is 7.12. The van der Waals surface area contributed by atoms with Gasteiger partial charge in [-0.25, -0.2) is 0 Å². The number of halogens is 1. The third-order valence-corrected chi connectivity index (χ3v) is 6.72. The summed E-state index contributed by atoms with van der Waals surface area (Å²) < 4.78 is 6.07. The molecule has 0 aliphatic carbocycles. The van der Waals surface area contributed by atoms with Crippen molar-refractivity contribution < 1.29 is 9.84 Å². The van der Waals surface area contributed by atoms with Gasteiger partial charge in [0, 0.05) is 23.4 Å². The van der Waals surface area contributed by atoms with Crippen LogP contribution in [0.3, 0.4) is 0 Å². The number of hydrogen-bond acceptors (Lipinski definition) is 5. The number of hydrogen-bond donors (Lipinski definition) is 4. The van der Waals surface area contributed by atoms with E-state index in [0.717, 1.165) is 47.0 Å². The molecular weight excluding hydrogens is 490 g/mol. The van der Waals surface area contributed by atoms with Crippen molar-refractivity contribution in [3.63, 3.8) is 0 Å². The van der Waals surface area contributed by atoms with Crippen molar-refractivity contribution in [2.75, 3.05) is 25.0 Å². The van der Waals surface area contributed by atoms with Crippen LogP contribution >= 0.6 is 23.7 Å². The summed E-state index contributed by atoms with van der Waals surface area (Å²) >= 11 is 1.56. The van der Waals surface area contributed by atoms with E-state index in [9.17, 15) is 5.11 Å². The first-order chi connectivity index (χ1) is 16.4. The highest BCUT2D eigenvalue weighted by Gasteiger charge is 2.26. The van der Waals surface area contributed by atoms with Crippen molar-refractivity contribution in [3.8, 4) is 11.5 Å². The third-order valence-electron chi connectivity index (χ3n) is 5.83. The zero-order valence-corrected chi connectivity index (χ0v) is 23.8. The first-order valence-electron chi connectivity index (χ1n) is 12.1. The first-order valence-corrected chi connectivity index (χ1v) is 13.0. The lowest BCUT2D eigenvalue weighted by molar-refractivity contribution is 0.311. The Bertz CT molecular complexity index is 1080. The summed E-state index contributed by atoms with van der Waals surface area (Å²) in [5.41, 5.74) is 3.66. The molecule has 0 fully saturated rings. The van der Waals surface area contributed by atoms with Crippen molar-refractivity contribution in [2.45, 2.75) is 58.8 Å². The Labute approximate surface area is 226 Å². The maximum absolute atomic E-state index is 10.9. The lowest BCUT2D eigenvalue weighted by Crippen LogP contribution is -2.24. The molecule has 36 heavy (non-hydrogen) atoms. The number of thiophene rings is 1. The fraction of sp³-hybridized carbons (Fsp3) is 0.414. The van der Waals surface area contributed by atoms with Crippen LogP contribution in [-0.4, -0.2) is 30.6 Å². The maximum atomic E-state index is 10.9. The number of benzene rings is 2. The molecule has 7 heteroatoms. The number of rotatable bonds is 9. The van der Waals surface area contributed by atoms with Crippen LogP contribution in [0.4, 0.5) is 5.69 Å². The number of amidine groups is 1. The minimum absolute atomic E-state index is 0. The molecule has 2 aromatic carbocycles. The average molecular weight is 530 g/mol. The van der Waals surface area contributed by atoms with Gasteiger partial charge in [0.25, 0.3) is 0 Å². The Morgan fingerprint density at radius 3 is 2.08 bits per heavy atom. The van der Waals surface area contributed by atoms with Crippen molar-refractivity contribution >= 4 is 35.3 Å². The van der Waals surface area contributed by atoms with Gasteiger partial charge in [-0.1, -0.05) is 59.7 Å². The fourth-order valence-electron chi connectivity index (χ4n) is 3.82. The van der Waals surface area contributed by atoms with E-state index >= 15 is 0 Å². The van der Waals surface area contributed by atoms with Crippen LogP contribution in [-0.2, 0) is 17.3 Å². The highest BCUT2D eigenvalue weighted by Crippen LogP contribution is 2.41. The normalized spacial score (nSPS) is 11.6. The van der Waals surface area contributed by atoms with Gasteiger partial charge in [0.15, 0.2) is 0 Å². The molecule has 0 unspecified atom stereocenters. The second-order valence-electron chi connectivity index (χ2n) is 10.9. The number of ether oxygens (including phenoxy) is 1. The van der Waals surface area contributed by atoms with Gasteiger partial charge in [-0.3, -0.25) is 5.41 Å². The van der Waals surface area contributed by atoms with Crippen LogP contribution in [0.15, 0.2) is 53.9 Å². The van der Waals surface area contributed by atoms with E-state index in [4.69, 9.17) is 10.1 Å². The van der Waals surface area contributed by atoms with Crippen LogP contribution in [0, 0.1) is 5.41 Å². The second-order valence-corrected chi connectivity index (χ2v) is 11.8. The maximum Gasteiger partial charge on any atom is 0.140 e. The van der Waals surface area contributed by atoms with Gasteiger partial charge in [0.1, 0.15) is 23.9 Å². The smallest absolute Gasteiger partial charge is 0.140 e. The van der Waals surface area contributed by atoms with E-state index < -0.39 is 0 Å². The zero-order chi connectivity index (χ0) is 25.6. The van der Waals surface area contributed by atoms with Crippen LogP contribution in [0.25, 0.3) is 0 Å². The van der Waals surface area contributed by atoms with Crippen LogP contribution in [0.5, 0.6) is 11.5 Å². The molecule has 1 aromatic heterocycles. The molecule has 0 saturated carbocycles. The van der Waals surface area contributed by atoms with Crippen molar-refractivity contribution in [2.24, 2.45) is 0 Å². The molecule has 0 bridgehead atoms. The van der Waals surface area contributed by atoms with E-state index in [0.29, 0.717) is 18.2 Å². The number of phenolic OH excluding ortho intramolecular Hbond substituents is 1. The quantitative estimate of drug-likeness (QED) is 0.135. The van der Waals surface area contributed by atoms with Gasteiger partial charge in [-0.2, -0.15) is 0 Å². The zero-order valence-electron chi connectivity index (χ0n) is 22.2. The number of nitrogens with one attached hydrogen (secondary N) is 3. The van der Waals surface area contributed by atoms with E-state index in [-0.39, 0.29) is 23.2 Å². The Morgan fingerprint density at radius 2 is 1.56 bits per heavy atom. The molecule has 3 rings (SSSR count). The summed E-state index contributed by atoms with van der Waals surface area (Å²) in [5.74, 6) is 1.60. The van der Waals surface area contributed by atoms with Gasteiger partial charge in [0.2, 0.25) is 0 Å². The largest absolute Gasteiger partial charge is 0.507 e. The molecule has 0 saturated heterocycles. The molecule has 3 aromatic rings. The summed E-state index contributed by atoms with van der Waals surface area (Å²) in [6.07, 6.45) is 0.921. The molecule has 0 aliphatic heterocycles. The monoisotopic (exact) mass is 529 g/mol. The van der Waals surface area contributed by atoms with Crippen molar-refractivity contribution in [3.05, 3.63) is 75.5 Å². The molecule has 0 atom stereocenters. The third kappa shape index (κ3) is 8.26. The molecule has 4 N–H and O–H groups in total. The summed E-state index contributed by atoms with van der Waals surface area (Å²) in [5, 5.41) is 27.6. The second kappa shape index (κ2) is 12.6. The average Bonchev–Trinajstić information content (AvgIpc) is 3.31. The van der Waals surface area contributed by atoms with Crippen LogP contribution in [0.1, 0.15) is 63.1 Å². The molecule has 0 spiro atoms. The summed E-state index contributed by atoms with van der Waals surface area (Å²) in [6, 6.07) is 16.1. The standard InChI is InChI=1S/C29H39N3O2S.ClH/c1-28(2,3)23-18-22(19-24(26(23)33)29(4,5)6)34-16-15-31-14-13-20-9-11-21(12-10-20)32-27(30)25-8-7-17-35-25;/h7-12,17-19,31,33H,13-16H2,1-6H3,(H2,30,32);1H. The van der Waals surface area contributed by atoms with Crippen LogP contribution < -0.4 is 15.4 Å². The van der Waals surface area contributed by atoms with E-state index in [2.05, 4.69) is 64.3 Å². The Hall–Kier alpha value is -2.54. The number of aromatic hydroxyl groups is 1. The van der Waals surface area contributed by atoms with Crippen molar-refractivity contribution in [1.82, 2.24) is 5.32 Å². The number of phenols is 1. The Kier molecular flexibility index (Phi) is 10.4. The fourth-order valence-corrected chi connectivity index (χ4v) is 4.44. The minimum atomic E-state index is -0.170. The molecule has 0 aliphatic rings. The summed E-state index contributed by atoms with van der Waals surface area (Å²) in [4.78, 5) is 0.928. The van der Waals surface area contributed by atoms with Gasteiger partial charge in [-0.15, -0.1) is 23.7 Å². The molecule has 1 heterocycles. The SMILES string of the molecule is CC(C)(C)c1cc(OCCNCCc2ccc(NC(=N)c3cccs3)cc2)cc(C(C)(C)C)c1O.Cl. The van der Waals surface area contributed by atoms with E-state index in [1.807, 2.05) is 41.8 Å². The summed E-state index contributed by atoms with van der Waals surface area (Å²) in [7, 11) is 0. The van der Waals surface area contributed by atoms with Crippen molar-refractivity contribution in [1.29, 1.82) is 5.41 Å². The van der Waals surface area contributed by atoms with Crippen LogP contribution in [0.2, 0.25) is 0 Å². The Balaban J connectivity index is 0.00000456. The molecule has 0 amide bonds. The van der Waals surface area contributed by atoms with E-state index in [1.54, 1.807) is 11.3 Å². The summed E-state index contributed by atoms with van der Waals surface area (Å²) in [6.45, 7) is 14.8. The molecule has 196 valence electrons. The highest BCUT2D eigenvalue weighted by atomic mass is 35.5. The molecule has 5 nitrogen and oxygen atoms in total.